The van der Waals surface area contributed by atoms with Gasteiger partial charge in [-0.15, -0.1) is 4.91 Å². The van der Waals surface area contributed by atoms with Crippen molar-refractivity contribution >= 4 is 23.6 Å². The van der Waals surface area contributed by atoms with E-state index in [0.29, 0.717) is 5.02 Å². The van der Waals surface area contributed by atoms with Gasteiger partial charge < -0.3 is 10.4 Å². The van der Waals surface area contributed by atoms with Gasteiger partial charge in [-0.1, -0.05) is 23.7 Å². The van der Waals surface area contributed by atoms with Crippen LogP contribution in [0.5, 0.6) is 0 Å². The molecule has 17 heavy (non-hydrogen) atoms. The van der Waals surface area contributed by atoms with Crippen molar-refractivity contribution in [3.8, 4) is 0 Å². The number of hydrogen-bond acceptors (Lipinski definition) is 4. The molecular formula is C11H7ClN2O3. The molecule has 0 spiro atoms. The number of nitroso groups, excluding NO2 is 1. The molecule has 0 aliphatic carbocycles. The average molecular weight is 251 g/mol. The largest absolute Gasteiger partial charge is 0.504 e. The lowest BCUT2D eigenvalue weighted by Crippen LogP contribution is -2.15. The number of halogens is 1. The first-order chi connectivity index (χ1) is 8.11. The molecule has 0 bridgehead atoms. The van der Waals surface area contributed by atoms with Gasteiger partial charge >= 0.3 is 0 Å². The van der Waals surface area contributed by atoms with E-state index in [0.717, 1.165) is 5.56 Å². The fourth-order valence-electron chi connectivity index (χ4n) is 1.39. The fraction of sp³-hybridized carbons (Fsp3) is 0. The summed E-state index contributed by atoms with van der Waals surface area (Å²) >= 11 is 5.72. The van der Waals surface area contributed by atoms with Crippen LogP contribution in [0, 0.1) is 4.91 Å². The number of aliphatic hydroxyl groups excluding tert-OH is 1. The van der Waals surface area contributed by atoms with Crippen molar-refractivity contribution in [2.24, 2.45) is 5.18 Å². The molecule has 1 aliphatic heterocycles. The number of aliphatic hydroxyl groups is 1. The fourth-order valence-corrected chi connectivity index (χ4v) is 1.52. The van der Waals surface area contributed by atoms with Crippen molar-refractivity contribution in [1.82, 2.24) is 5.32 Å². The molecule has 0 unspecified atom stereocenters. The van der Waals surface area contributed by atoms with Gasteiger partial charge in [0.1, 0.15) is 0 Å². The Balaban J connectivity index is 2.37. The Kier molecular flexibility index (Phi) is 2.93. The van der Waals surface area contributed by atoms with Gasteiger partial charge in [-0.25, -0.2) is 0 Å². The number of nitrogens with zero attached hydrogens (tertiary/aromatic N) is 1. The van der Waals surface area contributed by atoms with Crippen molar-refractivity contribution in [2.75, 3.05) is 0 Å². The van der Waals surface area contributed by atoms with Crippen molar-refractivity contribution < 1.29 is 9.90 Å². The Morgan fingerprint density at radius 3 is 2.47 bits per heavy atom. The SMILES string of the molecule is O=NC1=C(O)/C(=C/c2ccc(Cl)cc2)NC1=O. The first kappa shape index (κ1) is 11.3. The second-order valence-corrected chi connectivity index (χ2v) is 3.79. The van der Waals surface area contributed by atoms with Crippen LogP contribution in [0.4, 0.5) is 0 Å². The first-order valence-corrected chi connectivity index (χ1v) is 5.05. The zero-order chi connectivity index (χ0) is 12.4. The Labute approximate surface area is 101 Å². The average Bonchev–Trinajstić information content (AvgIpc) is 2.57. The molecule has 86 valence electrons. The highest BCUT2D eigenvalue weighted by molar-refractivity contribution is 6.30. The highest BCUT2D eigenvalue weighted by Gasteiger charge is 2.28. The molecule has 1 aromatic carbocycles. The predicted molar refractivity (Wildman–Crippen MR) is 63.0 cm³/mol. The van der Waals surface area contributed by atoms with E-state index >= 15 is 0 Å². The summed E-state index contributed by atoms with van der Waals surface area (Å²) in [5.41, 5.74) is 0.362. The standard InChI is InChI=1S/C11H7ClN2O3/c12-7-3-1-6(2-4-7)5-8-10(15)9(14-17)11(16)13-8/h1-5,15H,(H,13,16)/b8-5-. The van der Waals surface area contributed by atoms with Crippen LogP contribution in [0.15, 0.2) is 46.6 Å². The molecule has 0 aromatic heterocycles. The lowest BCUT2D eigenvalue weighted by Gasteiger charge is -1.99. The van der Waals surface area contributed by atoms with Gasteiger partial charge in [0, 0.05) is 5.02 Å². The molecule has 1 heterocycles. The molecule has 1 aliphatic rings. The maximum absolute atomic E-state index is 11.2. The van der Waals surface area contributed by atoms with Gasteiger partial charge in [-0.05, 0) is 28.9 Å². The molecule has 1 aromatic rings. The third-order valence-electron chi connectivity index (χ3n) is 2.21. The van der Waals surface area contributed by atoms with Crippen LogP contribution < -0.4 is 5.32 Å². The lowest BCUT2D eigenvalue weighted by molar-refractivity contribution is -0.116. The van der Waals surface area contributed by atoms with Crippen LogP contribution in [-0.2, 0) is 4.79 Å². The van der Waals surface area contributed by atoms with Crippen LogP contribution in [0.1, 0.15) is 5.56 Å². The molecular weight excluding hydrogens is 244 g/mol. The van der Waals surface area contributed by atoms with E-state index in [1.54, 1.807) is 24.3 Å². The van der Waals surface area contributed by atoms with Gasteiger partial charge in [-0.2, -0.15) is 0 Å². The number of benzene rings is 1. The van der Waals surface area contributed by atoms with Crippen molar-refractivity contribution in [1.29, 1.82) is 0 Å². The molecule has 0 saturated heterocycles. The van der Waals surface area contributed by atoms with Gasteiger partial charge in [-0.3, -0.25) is 4.79 Å². The van der Waals surface area contributed by atoms with Crippen molar-refractivity contribution in [2.45, 2.75) is 0 Å². The summed E-state index contributed by atoms with van der Waals surface area (Å²) in [4.78, 5) is 21.5. The van der Waals surface area contributed by atoms with Gasteiger partial charge in [0.15, 0.2) is 5.76 Å². The van der Waals surface area contributed by atoms with E-state index < -0.39 is 17.4 Å². The Morgan fingerprint density at radius 2 is 1.94 bits per heavy atom. The summed E-state index contributed by atoms with van der Waals surface area (Å²) < 4.78 is 0. The predicted octanol–water partition coefficient (Wildman–Crippen LogP) is 2.35. The highest BCUT2D eigenvalue weighted by Crippen LogP contribution is 2.21. The van der Waals surface area contributed by atoms with E-state index in [1.807, 2.05) is 0 Å². The number of hydrogen-bond donors (Lipinski definition) is 2. The zero-order valence-corrected chi connectivity index (χ0v) is 9.23. The summed E-state index contributed by atoms with van der Waals surface area (Å²) in [6.07, 6.45) is 1.52. The maximum atomic E-state index is 11.2. The number of rotatable bonds is 2. The summed E-state index contributed by atoms with van der Waals surface area (Å²) in [7, 11) is 0. The number of amides is 1. The second-order valence-electron chi connectivity index (χ2n) is 3.35. The number of carbonyl (C=O) groups excluding carboxylic acids is 1. The Morgan fingerprint density at radius 1 is 1.29 bits per heavy atom. The normalized spacial score (nSPS) is 17.5. The minimum Gasteiger partial charge on any atom is -0.504 e. The minimum absolute atomic E-state index is 0.145. The van der Waals surface area contributed by atoms with E-state index in [-0.39, 0.29) is 5.70 Å². The van der Waals surface area contributed by atoms with Crippen molar-refractivity contribution in [3.63, 3.8) is 0 Å². The van der Waals surface area contributed by atoms with E-state index in [9.17, 15) is 14.8 Å². The second kappa shape index (κ2) is 4.39. The molecule has 0 saturated carbocycles. The smallest absolute Gasteiger partial charge is 0.281 e. The first-order valence-electron chi connectivity index (χ1n) is 4.67. The van der Waals surface area contributed by atoms with Gasteiger partial charge in [0.2, 0.25) is 5.70 Å². The summed E-state index contributed by atoms with van der Waals surface area (Å²) in [5, 5.41) is 14.9. The lowest BCUT2D eigenvalue weighted by atomic mass is 10.2. The van der Waals surface area contributed by atoms with E-state index in [2.05, 4.69) is 10.5 Å². The van der Waals surface area contributed by atoms with Gasteiger partial charge in [0.25, 0.3) is 5.91 Å². The molecule has 0 atom stereocenters. The molecule has 1 amide bonds. The molecule has 0 fully saturated rings. The molecule has 2 rings (SSSR count). The number of nitrogens with one attached hydrogen (secondary N) is 1. The molecule has 0 radical (unpaired) electrons. The van der Waals surface area contributed by atoms with Crippen molar-refractivity contribution in [3.05, 3.63) is 56.9 Å². The minimum atomic E-state index is -0.710. The van der Waals surface area contributed by atoms with Crippen LogP contribution in [-0.4, -0.2) is 11.0 Å². The topological polar surface area (TPSA) is 78.8 Å². The number of carbonyl (C=O) groups is 1. The van der Waals surface area contributed by atoms with Crippen LogP contribution in [0.25, 0.3) is 6.08 Å². The zero-order valence-electron chi connectivity index (χ0n) is 8.48. The Bertz CT molecular complexity index is 546. The van der Waals surface area contributed by atoms with E-state index in [1.165, 1.54) is 6.08 Å². The quantitative estimate of drug-likeness (QED) is 0.791. The summed E-state index contributed by atoms with van der Waals surface area (Å²) in [6, 6.07) is 6.76. The van der Waals surface area contributed by atoms with E-state index in [4.69, 9.17) is 11.6 Å². The molecule has 5 nitrogen and oxygen atoms in total. The third kappa shape index (κ3) is 2.19. The van der Waals surface area contributed by atoms with Crippen LogP contribution in [0.2, 0.25) is 5.02 Å². The summed E-state index contributed by atoms with van der Waals surface area (Å²) in [5.74, 6) is -1.15. The maximum Gasteiger partial charge on any atom is 0.281 e. The Hall–Kier alpha value is -2.14. The molecule has 2 N–H and O–H groups in total. The monoisotopic (exact) mass is 250 g/mol. The summed E-state index contributed by atoms with van der Waals surface area (Å²) in [6.45, 7) is 0. The molecule has 6 heteroatoms. The highest BCUT2D eigenvalue weighted by atomic mass is 35.5. The van der Waals surface area contributed by atoms with Crippen LogP contribution >= 0.6 is 11.6 Å². The van der Waals surface area contributed by atoms with Crippen LogP contribution in [0.3, 0.4) is 0 Å². The third-order valence-corrected chi connectivity index (χ3v) is 2.47. The van der Waals surface area contributed by atoms with Gasteiger partial charge in [0.05, 0.1) is 5.70 Å².